The lowest BCUT2D eigenvalue weighted by molar-refractivity contribution is -0.133. The molecule has 0 radical (unpaired) electrons. The van der Waals surface area contributed by atoms with Crippen molar-refractivity contribution in [1.82, 2.24) is 25.2 Å². The summed E-state index contributed by atoms with van der Waals surface area (Å²) in [4.78, 5) is 38.7. The quantitative estimate of drug-likeness (QED) is 0.686. The van der Waals surface area contributed by atoms with E-state index < -0.39 is 0 Å². The molecule has 0 spiro atoms. The van der Waals surface area contributed by atoms with Gasteiger partial charge in [-0.2, -0.15) is 0 Å². The number of rotatable bonds is 6. The third-order valence-corrected chi connectivity index (χ3v) is 5.07. The second-order valence-electron chi connectivity index (χ2n) is 7.29. The van der Waals surface area contributed by atoms with Crippen LogP contribution in [0, 0.1) is 6.92 Å². The molecule has 1 N–H and O–H groups in total. The fraction of sp³-hybridized carbons (Fsp3) is 0.261. The zero-order valence-corrected chi connectivity index (χ0v) is 16.8. The molecular formula is C23H23N5O2. The second kappa shape index (κ2) is 8.82. The van der Waals surface area contributed by atoms with Crippen molar-refractivity contribution in [2.24, 2.45) is 0 Å². The minimum absolute atomic E-state index is 0.0540. The normalized spacial score (nSPS) is 13.5. The van der Waals surface area contributed by atoms with Crippen LogP contribution in [-0.2, 0) is 16.1 Å². The summed E-state index contributed by atoms with van der Waals surface area (Å²) < 4.78 is 0. The van der Waals surface area contributed by atoms with Gasteiger partial charge in [0.25, 0.3) is 0 Å². The number of benzene rings is 1. The van der Waals surface area contributed by atoms with Crippen molar-refractivity contribution in [3.63, 3.8) is 0 Å². The highest BCUT2D eigenvalue weighted by Crippen LogP contribution is 2.28. The Morgan fingerprint density at radius 2 is 1.97 bits per heavy atom. The minimum atomic E-state index is -0.141. The van der Waals surface area contributed by atoms with Crippen molar-refractivity contribution in [3.05, 3.63) is 66.2 Å². The van der Waals surface area contributed by atoms with Crippen molar-refractivity contribution < 1.29 is 9.59 Å². The Labute approximate surface area is 175 Å². The molecule has 1 aliphatic rings. The van der Waals surface area contributed by atoms with E-state index in [1.165, 1.54) is 0 Å². The first-order valence-corrected chi connectivity index (χ1v) is 9.99. The van der Waals surface area contributed by atoms with E-state index in [0.717, 1.165) is 34.5 Å². The molecule has 0 bridgehead atoms. The molecule has 2 aromatic heterocycles. The van der Waals surface area contributed by atoms with Crippen LogP contribution in [-0.4, -0.2) is 44.8 Å². The first kappa shape index (κ1) is 19.7. The number of hydrogen-bond acceptors (Lipinski definition) is 5. The van der Waals surface area contributed by atoms with Gasteiger partial charge in [0.2, 0.25) is 11.8 Å². The Morgan fingerprint density at radius 1 is 1.13 bits per heavy atom. The van der Waals surface area contributed by atoms with Gasteiger partial charge >= 0.3 is 0 Å². The van der Waals surface area contributed by atoms with Crippen LogP contribution in [0.25, 0.3) is 22.5 Å². The zero-order chi connectivity index (χ0) is 20.9. The van der Waals surface area contributed by atoms with Gasteiger partial charge in [-0.25, -0.2) is 9.97 Å². The number of likely N-dealkylation sites (tertiary alicyclic amines) is 1. The predicted molar refractivity (Wildman–Crippen MR) is 113 cm³/mol. The Bertz CT molecular complexity index is 1050. The highest BCUT2D eigenvalue weighted by atomic mass is 16.2. The molecule has 0 saturated carbocycles. The number of carbonyl (C=O) groups excluding carboxylic acids is 2. The maximum Gasteiger partial charge on any atom is 0.239 e. The third-order valence-electron chi connectivity index (χ3n) is 5.07. The number of aromatic nitrogens is 3. The van der Waals surface area contributed by atoms with Gasteiger partial charge in [-0.15, -0.1) is 0 Å². The summed E-state index contributed by atoms with van der Waals surface area (Å²) in [5.41, 5.74) is 4.45. The van der Waals surface area contributed by atoms with Crippen LogP contribution in [0.2, 0.25) is 0 Å². The topological polar surface area (TPSA) is 88.1 Å². The van der Waals surface area contributed by atoms with E-state index in [1.807, 2.05) is 49.4 Å². The van der Waals surface area contributed by atoms with E-state index in [4.69, 9.17) is 0 Å². The molecule has 0 aliphatic carbocycles. The van der Waals surface area contributed by atoms with Crippen LogP contribution in [0.4, 0.5) is 0 Å². The van der Waals surface area contributed by atoms with Gasteiger partial charge in [-0.05, 0) is 31.0 Å². The lowest BCUT2D eigenvalue weighted by atomic mass is 10.0. The van der Waals surface area contributed by atoms with Crippen molar-refractivity contribution in [1.29, 1.82) is 0 Å². The van der Waals surface area contributed by atoms with E-state index in [9.17, 15) is 9.59 Å². The lowest BCUT2D eigenvalue weighted by Crippen LogP contribution is -2.37. The van der Waals surface area contributed by atoms with Crippen molar-refractivity contribution in [2.75, 3.05) is 13.1 Å². The molecule has 1 fully saturated rings. The SMILES string of the molecule is Cc1ncc(-c2ccccn2)c(-c2ccc(CNC(=O)CN3CCCC3=O)cc2)n1. The fourth-order valence-corrected chi connectivity index (χ4v) is 3.48. The molecule has 7 heteroatoms. The van der Waals surface area contributed by atoms with Gasteiger partial charge in [-0.3, -0.25) is 14.6 Å². The smallest absolute Gasteiger partial charge is 0.239 e. The van der Waals surface area contributed by atoms with Crippen LogP contribution in [0.1, 0.15) is 24.2 Å². The van der Waals surface area contributed by atoms with E-state index in [-0.39, 0.29) is 18.4 Å². The average molecular weight is 401 g/mol. The van der Waals surface area contributed by atoms with Crippen molar-refractivity contribution in [3.8, 4) is 22.5 Å². The van der Waals surface area contributed by atoms with E-state index in [1.54, 1.807) is 17.3 Å². The van der Waals surface area contributed by atoms with Gasteiger partial charge in [-0.1, -0.05) is 30.3 Å². The first-order chi connectivity index (χ1) is 14.6. The molecule has 1 saturated heterocycles. The molecule has 3 heterocycles. The standard InChI is InChI=1S/C23H23N5O2/c1-16-25-14-19(20-5-2-3-11-24-20)23(27-16)18-9-7-17(8-10-18)13-26-21(29)15-28-12-4-6-22(28)30/h2-3,5,7-11,14H,4,6,12-13,15H2,1H3,(H,26,29). The Balaban J connectivity index is 1.46. The minimum Gasteiger partial charge on any atom is -0.350 e. The summed E-state index contributed by atoms with van der Waals surface area (Å²) in [7, 11) is 0. The summed E-state index contributed by atoms with van der Waals surface area (Å²) in [6, 6.07) is 13.7. The number of carbonyl (C=O) groups is 2. The summed E-state index contributed by atoms with van der Waals surface area (Å²) in [6.45, 7) is 3.07. The van der Waals surface area contributed by atoms with Gasteiger partial charge in [0, 0.05) is 43.0 Å². The number of nitrogens with zero attached hydrogens (tertiary/aromatic N) is 4. The number of pyridine rings is 1. The second-order valence-corrected chi connectivity index (χ2v) is 7.29. The molecule has 1 aliphatic heterocycles. The summed E-state index contributed by atoms with van der Waals surface area (Å²) in [5.74, 6) is 0.606. The van der Waals surface area contributed by atoms with Crippen LogP contribution in [0.5, 0.6) is 0 Å². The highest BCUT2D eigenvalue weighted by molar-refractivity contribution is 5.85. The first-order valence-electron chi connectivity index (χ1n) is 9.99. The van der Waals surface area contributed by atoms with Crippen molar-refractivity contribution in [2.45, 2.75) is 26.3 Å². The van der Waals surface area contributed by atoms with Gasteiger partial charge in [0.05, 0.1) is 17.9 Å². The molecular weight excluding hydrogens is 378 g/mol. The van der Waals surface area contributed by atoms with Crippen LogP contribution >= 0.6 is 0 Å². The Kier molecular flexibility index (Phi) is 5.79. The third kappa shape index (κ3) is 4.51. The van der Waals surface area contributed by atoms with E-state index in [0.29, 0.717) is 25.3 Å². The number of hydrogen-bond donors (Lipinski definition) is 1. The predicted octanol–water partition coefficient (Wildman–Crippen LogP) is 2.75. The summed E-state index contributed by atoms with van der Waals surface area (Å²) in [6.07, 6.45) is 4.92. The Morgan fingerprint density at radius 3 is 2.67 bits per heavy atom. The molecule has 30 heavy (non-hydrogen) atoms. The van der Waals surface area contributed by atoms with E-state index >= 15 is 0 Å². The number of aryl methyl sites for hydroxylation is 1. The molecule has 1 aromatic carbocycles. The average Bonchev–Trinajstić information content (AvgIpc) is 3.17. The van der Waals surface area contributed by atoms with Crippen LogP contribution in [0.3, 0.4) is 0 Å². The zero-order valence-electron chi connectivity index (χ0n) is 16.8. The lowest BCUT2D eigenvalue weighted by Gasteiger charge is -2.15. The van der Waals surface area contributed by atoms with Crippen LogP contribution < -0.4 is 5.32 Å². The largest absolute Gasteiger partial charge is 0.350 e. The number of amides is 2. The molecule has 7 nitrogen and oxygen atoms in total. The van der Waals surface area contributed by atoms with Gasteiger partial charge in [0.1, 0.15) is 5.82 Å². The molecule has 152 valence electrons. The Hall–Kier alpha value is -3.61. The number of nitrogens with one attached hydrogen (secondary N) is 1. The molecule has 2 amide bonds. The molecule has 3 aromatic rings. The maximum absolute atomic E-state index is 12.1. The van der Waals surface area contributed by atoms with Crippen molar-refractivity contribution >= 4 is 11.8 Å². The fourth-order valence-electron chi connectivity index (χ4n) is 3.48. The van der Waals surface area contributed by atoms with Gasteiger partial charge < -0.3 is 10.2 Å². The molecule has 0 atom stereocenters. The summed E-state index contributed by atoms with van der Waals surface area (Å²) in [5, 5.41) is 2.88. The van der Waals surface area contributed by atoms with E-state index in [2.05, 4.69) is 20.3 Å². The highest BCUT2D eigenvalue weighted by Gasteiger charge is 2.22. The van der Waals surface area contributed by atoms with Gasteiger partial charge in [0.15, 0.2) is 0 Å². The summed E-state index contributed by atoms with van der Waals surface area (Å²) >= 11 is 0. The maximum atomic E-state index is 12.1. The molecule has 0 unspecified atom stereocenters. The van der Waals surface area contributed by atoms with Crippen LogP contribution in [0.15, 0.2) is 54.9 Å². The monoisotopic (exact) mass is 401 g/mol. The molecule has 4 rings (SSSR count).